The maximum atomic E-state index is 14.6. The molecule has 3 aromatic carbocycles. The summed E-state index contributed by atoms with van der Waals surface area (Å²) in [5.74, 6) is -0.752. The van der Waals surface area contributed by atoms with E-state index in [1.54, 1.807) is 12.1 Å². The molecule has 3 aromatic rings. The first-order valence-electron chi connectivity index (χ1n) is 9.24. The first-order chi connectivity index (χ1) is 14.8. The number of methoxy groups -OCH3 is 1. The van der Waals surface area contributed by atoms with Gasteiger partial charge in [0.25, 0.3) is 10.0 Å². The van der Waals surface area contributed by atoms with Crippen LogP contribution >= 0.6 is 27.5 Å². The number of aliphatic hydroxyl groups excluding tert-OH is 1. The Balaban J connectivity index is 2.06. The normalized spacial score (nSPS) is 11.4. The first kappa shape index (κ1) is 23.5. The van der Waals surface area contributed by atoms with Crippen molar-refractivity contribution in [3.8, 4) is 16.9 Å². The van der Waals surface area contributed by atoms with Crippen LogP contribution in [0.4, 0.5) is 10.1 Å². The van der Waals surface area contributed by atoms with Gasteiger partial charge < -0.3 is 9.84 Å². The summed E-state index contributed by atoms with van der Waals surface area (Å²) >= 11 is 9.45. The Morgan fingerprint density at radius 1 is 1.16 bits per heavy atom. The van der Waals surface area contributed by atoms with E-state index in [0.717, 1.165) is 11.1 Å². The van der Waals surface area contributed by atoms with Gasteiger partial charge in [0.05, 0.1) is 17.8 Å². The van der Waals surface area contributed by atoms with Crippen molar-refractivity contribution in [1.29, 1.82) is 0 Å². The molecule has 0 aromatic heterocycles. The number of rotatable bonds is 8. The van der Waals surface area contributed by atoms with Gasteiger partial charge >= 0.3 is 0 Å². The predicted octanol–water partition coefficient (Wildman–Crippen LogP) is 5.39. The molecule has 0 heterocycles. The van der Waals surface area contributed by atoms with Gasteiger partial charge in [0.1, 0.15) is 10.7 Å². The minimum Gasteiger partial charge on any atom is -0.494 e. The number of ether oxygens (including phenoxy) is 1. The number of aliphatic hydroxyl groups is 1. The molecule has 0 saturated carbocycles. The second kappa shape index (κ2) is 9.99. The zero-order valence-electron chi connectivity index (χ0n) is 16.5. The van der Waals surface area contributed by atoms with Crippen LogP contribution in [-0.4, -0.2) is 27.2 Å². The average molecular weight is 529 g/mol. The molecule has 0 unspecified atom stereocenters. The summed E-state index contributed by atoms with van der Waals surface area (Å²) in [6, 6.07) is 14.5. The van der Waals surface area contributed by atoms with Crippen LogP contribution in [0.2, 0.25) is 5.02 Å². The van der Waals surface area contributed by atoms with Crippen molar-refractivity contribution in [3.05, 3.63) is 76.6 Å². The summed E-state index contributed by atoms with van der Waals surface area (Å²) in [5.41, 5.74) is 2.67. The van der Waals surface area contributed by atoms with Crippen LogP contribution in [0.5, 0.6) is 5.75 Å². The van der Waals surface area contributed by atoms with Gasteiger partial charge in [-0.3, -0.25) is 4.72 Å². The van der Waals surface area contributed by atoms with Crippen molar-refractivity contribution in [1.82, 2.24) is 0 Å². The number of anilines is 1. The molecular formula is C22H20BrClFNO4S. The molecule has 0 aliphatic carbocycles. The van der Waals surface area contributed by atoms with E-state index >= 15 is 0 Å². The third kappa shape index (κ3) is 5.20. The molecule has 9 heteroatoms. The molecule has 0 saturated heterocycles. The largest absolute Gasteiger partial charge is 0.494 e. The fourth-order valence-corrected chi connectivity index (χ4v) is 5.21. The Hall–Kier alpha value is -2.13. The lowest BCUT2D eigenvalue weighted by Gasteiger charge is -2.16. The summed E-state index contributed by atoms with van der Waals surface area (Å²) in [6.07, 6.45) is 0.420. The fraction of sp³-hybridized carbons (Fsp3) is 0.182. The van der Waals surface area contributed by atoms with Crippen LogP contribution in [-0.2, 0) is 21.8 Å². The molecule has 0 spiro atoms. The van der Waals surface area contributed by atoms with Gasteiger partial charge in [-0.25, -0.2) is 12.8 Å². The molecule has 0 aliphatic heterocycles. The maximum absolute atomic E-state index is 14.6. The Morgan fingerprint density at radius 2 is 1.90 bits per heavy atom. The van der Waals surface area contributed by atoms with Crippen molar-refractivity contribution < 1.29 is 22.7 Å². The monoisotopic (exact) mass is 527 g/mol. The van der Waals surface area contributed by atoms with Crippen LogP contribution < -0.4 is 9.46 Å². The van der Waals surface area contributed by atoms with Gasteiger partial charge in [-0.15, -0.1) is 0 Å². The second-order valence-electron chi connectivity index (χ2n) is 6.67. The van der Waals surface area contributed by atoms with Gasteiger partial charge in [-0.1, -0.05) is 57.9 Å². The van der Waals surface area contributed by atoms with Crippen LogP contribution in [0.25, 0.3) is 11.1 Å². The third-order valence-corrected chi connectivity index (χ3v) is 6.94. The summed E-state index contributed by atoms with van der Waals surface area (Å²) in [6.45, 7) is -0.0395. The van der Waals surface area contributed by atoms with Crippen LogP contribution in [0, 0.1) is 5.82 Å². The molecular weight excluding hydrogens is 509 g/mol. The topological polar surface area (TPSA) is 75.6 Å². The number of hydrogen-bond acceptors (Lipinski definition) is 4. The highest BCUT2D eigenvalue weighted by Gasteiger charge is 2.24. The van der Waals surface area contributed by atoms with Gasteiger partial charge in [0.2, 0.25) is 0 Å². The SMILES string of the molecule is COc1c(Cl)cc(CBr)cc1S(=O)(=O)Nc1cc(-c2ccccc2CCO)ccc1F. The quantitative estimate of drug-likeness (QED) is 0.385. The van der Waals surface area contributed by atoms with E-state index in [2.05, 4.69) is 20.7 Å². The lowest BCUT2D eigenvalue weighted by atomic mass is 9.97. The molecule has 0 atom stereocenters. The van der Waals surface area contributed by atoms with E-state index in [0.29, 0.717) is 22.9 Å². The van der Waals surface area contributed by atoms with Gasteiger partial charge in [-0.05, 0) is 52.9 Å². The number of halogens is 3. The van der Waals surface area contributed by atoms with Crippen molar-refractivity contribution in [3.63, 3.8) is 0 Å². The van der Waals surface area contributed by atoms with Crippen molar-refractivity contribution in [2.75, 3.05) is 18.4 Å². The molecule has 31 heavy (non-hydrogen) atoms. The zero-order chi connectivity index (χ0) is 22.6. The molecule has 0 aliphatic rings. The molecule has 3 rings (SSSR count). The smallest absolute Gasteiger partial charge is 0.265 e. The van der Waals surface area contributed by atoms with E-state index in [9.17, 15) is 17.9 Å². The van der Waals surface area contributed by atoms with E-state index in [1.807, 2.05) is 24.3 Å². The van der Waals surface area contributed by atoms with Crippen LogP contribution in [0.15, 0.2) is 59.5 Å². The van der Waals surface area contributed by atoms with E-state index in [4.69, 9.17) is 16.3 Å². The highest BCUT2D eigenvalue weighted by atomic mass is 79.9. The summed E-state index contributed by atoms with van der Waals surface area (Å²) < 4.78 is 48.3. The van der Waals surface area contributed by atoms with Crippen molar-refractivity contribution in [2.45, 2.75) is 16.6 Å². The molecule has 2 N–H and O–H groups in total. The Morgan fingerprint density at radius 3 is 2.58 bits per heavy atom. The Bertz CT molecular complexity index is 1200. The highest BCUT2D eigenvalue weighted by molar-refractivity contribution is 9.08. The van der Waals surface area contributed by atoms with Gasteiger partial charge in [0, 0.05) is 11.9 Å². The second-order valence-corrected chi connectivity index (χ2v) is 9.29. The number of benzene rings is 3. The first-order valence-corrected chi connectivity index (χ1v) is 12.2. The summed E-state index contributed by atoms with van der Waals surface area (Å²) in [7, 11) is -2.90. The Kier molecular flexibility index (Phi) is 7.59. The van der Waals surface area contributed by atoms with Gasteiger partial charge in [0.15, 0.2) is 5.75 Å². The minimum atomic E-state index is -4.21. The molecule has 5 nitrogen and oxygen atoms in total. The van der Waals surface area contributed by atoms with Crippen LogP contribution in [0.3, 0.4) is 0 Å². The number of sulfonamides is 1. The lowest BCUT2D eigenvalue weighted by molar-refractivity contribution is 0.300. The fourth-order valence-electron chi connectivity index (χ4n) is 3.21. The average Bonchev–Trinajstić information content (AvgIpc) is 2.75. The molecule has 0 bridgehead atoms. The van der Waals surface area contributed by atoms with E-state index < -0.39 is 15.8 Å². The molecule has 0 radical (unpaired) electrons. The maximum Gasteiger partial charge on any atom is 0.265 e. The molecule has 0 amide bonds. The number of hydrogen-bond donors (Lipinski definition) is 2. The standard InChI is InChI=1S/C22H20BrClFNO4S/c1-30-22-18(24)10-14(13-23)11-21(22)31(28,29)26-20-12-16(6-7-19(20)25)17-5-3-2-4-15(17)8-9-27/h2-7,10-12,26-27H,8-9,13H2,1H3. The predicted molar refractivity (Wildman–Crippen MR) is 124 cm³/mol. The van der Waals surface area contributed by atoms with Crippen molar-refractivity contribution in [2.24, 2.45) is 0 Å². The summed E-state index contributed by atoms with van der Waals surface area (Å²) in [4.78, 5) is -0.192. The number of alkyl halides is 1. The van der Waals surface area contributed by atoms with E-state index in [1.165, 1.54) is 25.3 Å². The number of nitrogens with one attached hydrogen (secondary N) is 1. The summed E-state index contributed by atoms with van der Waals surface area (Å²) in [5, 5.41) is 9.82. The zero-order valence-corrected chi connectivity index (χ0v) is 19.7. The van der Waals surface area contributed by atoms with E-state index in [-0.39, 0.29) is 28.0 Å². The van der Waals surface area contributed by atoms with Crippen LogP contribution in [0.1, 0.15) is 11.1 Å². The van der Waals surface area contributed by atoms with Crippen molar-refractivity contribution >= 4 is 43.2 Å². The lowest BCUT2D eigenvalue weighted by Crippen LogP contribution is -2.15. The molecule has 164 valence electrons. The Labute approximate surface area is 194 Å². The molecule has 0 fully saturated rings. The van der Waals surface area contributed by atoms with Gasteiger partial charge in [-0.2, -0.15) is 0 Å². The minimum absolute atomic E-state index is 0.0243. The highest BCUT2D eigenvalue weighted by Crippen LogP contribution is 2.36. The third-order valence-electron chi connectivity index (χ3n) is 4.64.